The third-order valence-corrected chi connectivity index (χ3v) is 14.0. The van der Waals surface area contributed by atoms with Crippen LogP contribution < -0.4 is 19.3 Å². The van der Waals surface area contributed by atoms with Gasteiger partial charge in [0.25, 0.3) is 0 Å². The van der Waals surface area contributed by atoms with Crippen LogP contribution in [0, 0.1) is 0 Å². The molecule has 6 nitrogen and oxygen atoms in total. The van der Waals surface area contributed by atoms with Gasteiger partial charge in [0.15, 0.2) is 24.8 Å². The molecule has 0 aliphatic rings. The number of pyridine rings is 2. The molecule has 2 heterocycles. The van der Waals surface area contributed by atoms with E-state index in [9.17, 15) is 19.8 Å². The average molecular weight is 913 g/mol. The molecule has 0 amide bonds. The van der Waals surface area contributed by atoms with Gasteiger partial charge in [0.05, 0.1) is 11.9 Å². The van der Waals surface area contributed by atoms with E-state index in [1.165, 1.54) is 205 Å². The van der Waals surface area contributed by atoms with Crippen LogP contribution in [0.25, 0.3) is 0 Å². The van der Waals surface area contributed by atoms with Crippen LogP contribution in [-0.4, -0.2) is 11.9 Å². The van der Waals surface area contributed by atoms with Crippen LogP contribution in [0.2, 0.25) is 0 Å². The van der Waals surface area contributed by atoms with E-state index in [0.717, 1.165) is 21.6 Å². The molecule has 0 saturated carbocycles. The van der Waals surface area contributed by atoms with Gasteiger partial charge in [0.1, 0.15) is 13.1 Å². The van der Waals surface area contributed by atoms with Crippen LogP contribution in [0.3, 0.4) is 0 Å². The number of benzene rings is 2. The Hall–Kier alpha value is -3.62. The van der Waals surface area contributed by atoms with Gasteiger partial charge in [-0.15, -0.1) is 0 Å². The maximum Gasteiger partial charge on any atom is 0.168 e. The first-order valence-corrected chi connectivity index (χ1v) is 27.4. The highest BCUT2D eigenvalue weighted by Crippen LogP contribution is 2.40. The normalized spacial score (nSPS) is 10.7. The SMILES string of the molecule is CCCCCCCCCCCCCCCC[n+]1ccccc1.CCCCCCCCCCCCCCCC[n+]1ccccc1.O=C([O-])c1ccccc1SSc1ccccc1C(=O)[O-]. The molecule has 64 heavy (non-hydrogen) atoms. The summed E-state index contributed by atoms with van der Waals surface area (Å²) in [5.74, 6) is -2.52. The van der Waals surface area contributed by atoms with Crippen molar-refractivity contribution >= 4 is 33.5 Å². The van der Waals surface area contributed by atoms with Crippen LogP contribution in [0.4, 0.5) is 0 Å². The number of carbonyl (C=O) groups is 2. The van der Waals surface area contributed by atoms with E-state index in [1.54, 1.807) is 36.4 Å². The smallest absolute Gasteiger partial charge is 0.168 e. The minimum Gasteiger partial charge on any atom is -0.545 e. The van der Waals surface area contributed by atoms with Crippen LogP contribution in [-0.2, 0) is 13.1 Å². The number of unbranched alkanes of at least 4 members (excludes halogenated alkanes) is 26. The predicted molar refractivity (Wildman–Crippen MR) is 267 cm³/mol. The van der Waals surface area contributed by atoms with Gasteiger partial charge in [0, 0.05) is 58.0 Å². The fourth-order valence-corrected chi connectivity index (χ4v) is 9.99. The third kappa shape index (κ3) is 30.5. The predicted octanol–water partition coefficient (Wildman–Crippen LogP) is 14.1. The van der Waals surface area contributed by atoms with E-state index in [0.29, 0.717) is 9.79 Å². The lowest BCUT2D eigenvalue weighted by molar-refractivity contribution is -0.697. The molecule has 0 unspecified atom stereocenters. The molecule has 0 bridgehead atoms. The summed E-state index contributed by atoms with van der Waals surface area (Å²) in [5.41, 5.74) is 0.159. The second-order valence-corrected chi connectivity index (χ2v) is 19.4. The molecule has 0 atom stereocenters. The fourth-order valence-electron chi connectivity index (χ4n) is 7.65. The van der Waals surface area contributed by atoms with Crippen molar-refractivity contribution in [2.45, 2.75) is 217 Å². The Bertz CT molecular complexity index is 1570. The minimum absolute atomic E-state index is 0.0796. The van der Waals surface area contributed by atoms with Gasteiger partial charge in [-0.2, -0.15) is 0 Å². The summed E-state index contributed by atoms with van der Waals surface area (Å²) in [4.78, 5) is 23.0. The fraction of sp³-hybridized carbons (Fsp3) is 0.571. The molecular formula is C56H84N2O4S2. The van der Waals surface area contributed by atoms with Crippen molar-refractivity contribution in [2.75, 3.05) is 0 Å². The minimum atomic E-state index is -1.26. The molecule has 4 rings (SSSR count). The van der Waals surface area contributed by atoms with E-state index < -0.39 is 11.9 Å². The molecule has 0 saturated heterocycles. The number of carbonyl (C=O) groups excluding carboxylic acids is 2. The summed E-state index contributed by atoms with van der Waals surface area (Å²) in [6, 6.07) is 25.4. The van der Waals surface area contributed by atoms with Gasteiger partial charge in [-0.05, 0) is 25.0 Å². The van der Waals surface area contributed by atoms with Gasteiger partial charge < -0.3 is 19.8 Å². The molecule has 0 aliphatic carbocycles. The number of rotatable bonds is 35. The molecule has 0 spiro atoms. The Balaban J connectivity index is 0.000000330. The number of hydrogen-bond donors (Lipinski definition) is 0. The van der Waals surface area contributed by atoms with Crippen molar-refractivity contribution < 1.29 is 28.9 Å². The van der Waals surface area contributed by atoms with Crippen LogP contribution in [0.15, 0.2) is 120 Å². The van der Waals surface area contributed by atoms with Gasteiger partial charge in [-0.1, -0.05) is 238 Å². The molecule has 0 aliphatic heterocycles. The number of nitrogens with zero attached hydrogens (tertiary/aromatic N) is 2. The van der Waals surface area contributed by atoms with Crippen molar-refractivity contribution in [3.63, 3.8) is 0 Å². The highest BCUT2D eigenvalue weighted by atomic mass is 33.1. The maximum atomic E-state index is 11.0. The Labute approximate surface area is 397 Å². The van der Waals surface area contributed by atoms with Crippen molar-refractivity contribution in [2.24, 2.45) is 0 Å². The second kappa shape index (κ2) is 40.9. The van der Waals surface area contributed by atoms with Gasteiger partial charge in [0.2, 0.25) is 0 Å². The largest absolute Gasteiger partial charge is 0.545 e. The molecule has 0 fully saturated rings. The lowest BCUT2D eigenvalue weighted by Crippen LogP contribution is -2.32. The highest BCUT2D eigenvalue weighted by Gasteiger charge is 2.08. The van der Waals surface area contributed by atoms with Crippen molar-refractivity contribution in [1.29, 1.82) is 0 Å². The second-order valence-electron chi connectivity index (χ2n) is 17.2. The van der Waals surface area contributed by atoms with E-state index in [1.807, 2.05) is 0 Å². The highest BCUT2D eigenvalue weighted by molar-refractivity contribution is 8.76. The van der Waals surface area contributed by atoms with Crippen molar-refractivity contribution in [3.05, 3.63) is 121 Å². The molecule has 8 heteroatoms. The number of aromatic nitrogens is 2. The van der Waals surface area contributed by atoms with Crippen molar-refractivity contribution in [3.8, 4) is 0 Å². The Kier molecular flexibility index (Phi) is 36.1. The topological polar surface area (TPSA) is 88.0 Å². The van der Waals surface area contributed by atoms with Gasteiger partial charge >= 0.3 is 0 Å². The number of hydrogen-bond acceptors (Lipinski definition) is 6. The standard InChI is InChI=1S/2C21H38N.C14H10O4S2/c2*1-2-3-4-5-6-7-8-9-10-11-12-13-14-16-19-22-20-17-15-18-21-22;15-13(16)9-5-1-3-7-11(9)19-20-12-8-4-2-6-10(12)14(17)18/h2*15,17-18,20-21H,2-14,16,19H2,1H3;1-8H,(H,15,16)(H,17,18)/q2*+1;/p-2. The molecule has 0 radical (unpaired) electrons. The van der Waals surface area contributed by atoms with E-state index >= 15 is 0 Å². The summed E-state index contributed by atoms with van der Waals surface area (Å²) < 4.78 is 4.58. The van der Waals surface area contributed by atoms with E-state index in [2.05, 4.69) is 84.2 Å². The quantitative estimate of drug-likeness (QED) is 0.0260. The zero-order valence-corrected chi connectivity index (χ0v) is 41.6. The van der Waals surface area contributed by atoms with E-state index in [4.69, 9.17) is 0 Å². The summed E-state index contributed by atoms with van der Waals surface area (Å²) in [5, 5.41) is 21.9. The number of aromatic carboxylic acids is 2. The molecule has 4 aromatic rings. The lowest BCUT2D eigenvalue weighted by Gasteiger charge is -2.11. The number of carboxylic acid groups (broad SMARTS) is 2. The van der Waals surface area contributed by atoms with Gasteiger partial charge in [-0.3, -0.25) is 0 Å². The molecule has 0 N–H and O–H groups in total. The maximum absolute atomic E-state index is 11.0. The Morgan fingerprint density at radius 1 is 0.359 bits per heavy atom. The molecule has 354 valence electrons. The van der Waals surface area contributed by atoms with Gasteiger partial charge in [-0.25, -0.2) is 9.13 Å². The first-order chi connectivity index (χ1) is 31.5. The zero-order chi connectivity index (χ0) is 46.0. The van der Waals surface area contributed by atoms with Crippen LogP contribution >= 0.6 is 21.6 Å². The third-order valence-electron chi connectivity index (χ3n) is 11.5. The number of aryl methyl sites for hydroxylation is 2. The number of carboxylic acids is 2. The van der Waals surface area contributed by atoms with E-state index in [-0.39, 0.29) is 11.1 Å². The van der Waals surface area contributed by atoms with Crippen LogP contribution in [0.1, 0.15) is 214 Å². The Morgan fingerprint density at radius 3 is 0.875 bits per heavy atom. The average Bonchev–Trinajstić information content (AvgIpc) is 3.32. The van der Waals surface area contributed by atoms with Crippen molar-refractivity contribution in [1.82, 2.24) is 0 Å². The summed E-state index contributed by atoms with van der Waals surface area (Å²) in [7, 11) is 2.33. The summed E-state index contributed by atoms with van der Waals surface area (Å²) in [6.45, 7) is 6.94. The molecular weight excluding hydrogens is 829 g/mol. The summed E-state index contributed by atoms with van der Waals surface area (Å²) in [6.07, 6.45) is 48.8. The molecule has 2 aromatic heterocycles. The first-order valence-electron chi connectivity index (χ1n) is 25.3. The summed E-state index contributed by atoms with van der Waals surface area (Å²) >= 11 is 0. The lowest BCUT2D eigenvalue weighted by atomic mass is 10.0. The zero-order valence-electron chi connectivity index (χ0n) is 39.9. The first kappa shape index (κ1) is 56.5. The van der Waals surface area contributed by atoms with Crippen LogP contribution in [0.5, 0.6) is 0 Å². The Morgan fingerprint density at radius 2 is 0.609 bits per heavy atom. The molecule has 2 aromatic carbocycles. The monoisotopic (exact) mass is 913 g/mol.